The maximum absolute atomic E-state index is 12.7. The van der Waals surface area contributed by atoms with E-state index in [0.717, 1.165) is 6.42 Å². The first-order valence-electron chi connectivity index (χ1n) is 14.1. The van der Waals surface area contributed by atoms with Crippen LogP contribution in [0.15, 0.2) is 48.5 Å². The average molecular weight is 463 g/mol. The first kappa shape index (κ1) is 26.5. The lowest BCUT2D eigenvalue weighted by molar-refractivity contribution is 0.0734. The first-order chi connectivity index (χ1) is 16.7. The molecule has 1 aliphatic carbocycles. The van der Waals surface area contributed by atoms with E-state index in [1.54, 1.807) is 0 Å². The van der Waals surface area contributed by atoms with E-state index in [1.165, 1.54) is 107 Å². The molecule has 0 spiro atoms. The Balaban J connectivity index is 1.55. The van der Waals surface area contributed by atoms with E-state index in [2.05, 4.69) is 38.1 Å². The van der Waals surface area contributed by atoms with Crippen LogP contribution in [0.25, 0.3) is 0 Å². The lowest BCUT2D eigenvalue weighted by Crippen LogP contribution is -2.29. The molecule has 1 saturated carbocycles. The van der Waals surface area contributed by atoms with Crippen LogP contribution in [0.4, 0.5) is 0 Å². The van der Waals surface area contributed by atoms with Crippen LogP contribution in [-0.4, -0.2) is 5.97 Å². The fourth-order valence-electron chi connectivity index (χ4n) is 5.58. The Kier molecular flexibility index (Phi) is 11.2. The van der Waals surface area contributed by atoms with Crippen LogP contribution in [0.1, 0.15) is 132 Å². The highest BCUT2D eigenvalue weighted by atomic mass is 16.5. The number of carbonyl (C=O) groups excluding carboxylic acids is 1. The number of hydrogen-bond acceptors (Lipinski definition) is 2. The summed E-state index contributed by atoms with van der Waals surface area (Å²) in [6.07, 6.45) is 20.7. The quantitative estimate of drug-likeness (QED) is 0.159. The number of unbranched alkanes of at least 4 members (excludes halogenated alkanes) is 7. The zero-order valence-electron chi connectivity index (χ0n) is 21.7. The molecule has 186 valence electrons. The fourth-order valence-corrected chi connectivity index (χ4v) is 5.58. The summed E-state index contributed by atoms with van der Waals surface area (Å²) in [6.45, 7) is 4.52. The second kappa shape index (κ2) is 14.3. The number of aryl methyl sites for hydroxylation is 1. The van der Waals surface area contributed by atoms with Crippen molar-refractivity contribution in [2.24, 2.45) is 0 Å². The second-order valence-electron chi connectivity index (χ2n) is 10.4. The molecule has 0 heterocycles. The van der Waals surface area contributed by atoms with Crippen LogP contribution in [0, 0.1) is 0 Å². The van der Waals surface area contributed by atoms with Gasteiger partial charge < -0.3 is 4.74 Å². The van der Waals surface area contributed by atoms with Gasteiger partial charge in [0.1, 0.15) is 5.75 Å². The Morgan fingerprint density at radius 1 is 0.735 bits per heavy atom. The number of carbonyl (C=O) groups is 1. The summed E-state index contributed by atoms with van der Waals surface area (Å²) in [5, 5.41) is 0. The summed E-state index contributed by atoms with van der Waals surface area (Å²) in [5.74, 6) is 0.375. The molecule has 0 radical (unpaired) electrons. The first-order valence-corrected chi connectivity index (χ1v) is 14.1. The van der Waals surface area contributed by atoms with E-state index in [9.17, 15) is 4.79 Å². The van der Waals surface area contributed by atoms with Gasteiger partial charge in [0.05, 0.1) is 5.56 Å². The topological polar surface area (TPSA) is 26.3 Å². The van der Waals surface area contributed by atoms with Crippen LogP contribution in [0.5, 0.6) is 5.75 Å². The van der Waals surface area contributed by atoms with Gasteiger partial charge >= 0.3 is 5.97 Å². The molecule has 0 bridgehead atoms. The highest BCUT2D eigenvalue weighted by molar-refractivity contribution is 5.91. The molecule has 0 amide bonds. The van der Waals surface area contributed by atoms with E-state index in [4.69, 9.17) is 4.74 Å². The maximum Gasteiger partial charge on any atom is 0.343 e. The minimum absolute atomic E-state index is 0.269. The lowest BCUT2D eigenvalue weighted by atomic mass is 9.66. The Hall–Kier alpha value is -2.09. The molecule has 0 aromatic heterocycles. The van der Waals surface area contributed by atoms with Crippen molar-refractivity contribution in [2.75, 3.05) is 0 Å². The third-order valence-electron chi connectivity index (χ3n) is 7.76. The van der Waals surface area contributed by atoms with Gasteiger partial charge in [0.15, 0.2) is 0 Å². The van der Waals surface area contributed by atoms with Crippen molar-refractivity contribution in [1.29, 1.82) is 0 Å². The number of benzene rings is 2. The Morgan fingerprint density at radius 3 is 2.00 bits per heavy atom. The SMILES string of the molecule is CCCCCCCc1ccc(C(=O)Oc2ccc(C3(CCCCCC)CCCCC3)cc2)cc1. The smallest absolute Gasteiger partial charge is 0.343 e. The van der Waals surface area contributed by atoms with Gasteiger partial charge in [-0.15, -0.1) is 0 Å². The zero-order chi connectivity index (χ0) is 24.1. The third-order valence-corrected chi connectivity index (χ3v) is 7.76. The molecular weight excluding hydrogens is 416 g/mol. The van der Waals surface area contributed by atoms with Gasteiger partial charge in [-0.3, -0.25) is 0 Å². The largest absolute Gasteiger partial charge is 0.423 e. The molecule has 0 unspecified atom stereocenters. The molecule has 2 aromatic rings. The molecule has 2 aromatic carbocycles. The van der Waals surface area contributed by atoms with E-state index < -0.39 is 0 Å². The average Bonchev–Trinajstić information content (AvgIpc) is 2.88. The predicted molar refractivity (Wildman–Crippen MR) is 144 cm³/mol. The molecule has 0 saturated heterocycles. The maximum atomic E-state index is 12.7. The van der Waals surface area contributed by atoms with Crippen molar-refractivity contribution >= 4 is 5.97 Å². The van der Waals surface area contributed by atoms with E-state index in [0.29, 0.717) is 16.7 Å². The standard InChI is InChI=1S/C32H46O2/c1-3-5-7-9-11-15-27-16-18-28(19-17-27)31(33)34-30-22-20-29(21-23-30)32(24-12-8-6-4-2)25-13-10-14-26-32/h16-23H,3-15,24-26H2,1-2H3. The molecule has 34 heavy (non-hydrogen) atoms. The molecular formula is C32H46O2. The van der Waals surface area contributed by atoms with Crippen molar-refractivity contribution in [1.82, 2.24) is 0 Å². The molecule has 2 nitrogen and oxygen atoms in total. The highest BCUT2D eigenvalue weighted by Gasteiger charge is 2.33. The highest BCUT2D eigenvalue weighted by Crippen LogP contribution is 2.43. The van der Waals surface area contributed by atoms with Gasteiger partial charge in [0.25, 0.3) is 0 Å². The summed E-state index contributed by atoms with van der Waals surface area (Å²) in [5.41, 5.74) is 3.68. The molecule has 0 N–H and O–H groups in total. The van der Waals surface area contributed by atoms with Crippen LogP contribution in [-0.2, 0) is 11.8 Å². The minimum Gasteiger partial charge on any atom is -0.423 e. The molecule has 0 aliphatic heterocycles. The molecule has 0 atom stereocenters. The van der Waals surface area contributed by atoms with E-state index in [1.807, 2.05) is 24.3 Å². The molecule has 2 heteroatoms. The normalized spacial score (nSPS) is 15.2. The summed E-state index contributed by atoms with van der Waals surface area (Å²) in [6, 6.07) is 16.4. The molecule has 1 aliphatic rings. The van der Waals surface area contributed by atoms with Crippen molar-refractivity contribution in [3.8, 4) is 5.75 Å². The summed E-state index contributed by atoms with van der Waals surface area (Å²) < 4.78 is 5.72. The van der Waals surface area contributed by atoms with Crippen molar-refractivity contribution in [3.63, 3.8) is 0 Å². The van der Waals surface area contributed by atoms with Crippen molar-refractivity contribution in [2.45, 2.75) is 122 Å². The number of rotatable bonds is 14. The van der Waals surface area contributed by atoms with Gasteiger partial charge in [-0.1, -0.05) is 109 Å². The van der Waals surface area contributed by atoms with Gasteiger partial charge in [0, 0.05) is 0 Å². The Labute approximate surface area is 208 Å². The van der Waals surface area contributed by atoms with Crippen molar-refractivity contribution < 1.29 is 9.53 Å². The van der Waals surface area contributed by atoms with Gasteiger partial charge in [0.2, 0.25) is 0 Å². The lowest BCUT2D eigenvalue weighted by Gasteiger charge is -2.38. The van der Waals surface area contributed by atoms with Crippen molar-refractivity contribution in [3.05, 3.63) is 65.2 Å². The van der Waals surface area contributed by atoms with Gasteiger partial charge in [-0.25, -0.2) is 4.79 Å². The van der Waals surface area contributed by atoms with Gasteiger partial charge in [-0.2, -0.15) is 0 Å². The Bertz CT molecular complexity index is 828. The van der Waals surface area contributed by atoms with E-state index >= 15 is 0 Å². The fraction of sp³-hybridized carbons (Fsp3) is 0.594. The van der Waals surface area contributed by atoms with Gasteiger partial charge in [-0.05, 0) is 72.9 Å². The number of esters is 1. The summed E-state index contributed by atoms with van der Waals surface area (Å²) >= 11 is 0. The zero-order valence-corrected chi connectivity index (χ0v) is 21.7. The number of hydrogen-bond donors (Lipinski definition) is 0. The monoisotopic (exact) mass is 462 g/mol. The Morgan fingerprint density at radius 2 is 1.35 bits per heavy atom. The third kappa shape index (κ3) is 8.00. The van der Waals surface area contributed by atoms with Crippen LogP contribution in [0.2, 0.25) is 0 Å². The minimum atomic E-state index is -0.269. The number of ether oxygens (including phenoxy) is 1. The molecule has 1 fully saturated rings. The van der Waals surface area contributed by atoms with E-state index in [-0.39, 0.29) is 5.97 Å². The summed E-state index contributed by atoms with van der Waals surface area (Å²) in [7, 11) is 0. The van der Waals surface area contributed by atoms with Crippen LogP contribution in [0.3, 0.4) is 0 Å². The summed E-state index contributed by atoms with van der Waals surface area (Å²) in [4.78, 5) is 12.7. The predicted octanol–water partition coefficient (Wildman–Crippen LogP) is 9.59. The molecule has 3 rings (SSSR count). The second-order valence-corrected chi connectivity index (χ2v) is 10.4. The van der Waals surface area contributed by atoms with Crippen LogP contribution >= 0.6 is 0 Å². The van der Waals surface area contributed by atoms with Crippen LogP contribution < -0.4 is 4.74 Å².